The summed E-state index contributed by atoms with van der Waals surface area (Å²) in [5, 5.41) is 6.23. The number of hydrogen-bond acceptors (Lipinski definition) is 2. The minimum atomic E-state index is -0.139. The van der Waals surface area contributed by atoms with Crippen LogP contribution >= 0.6 is 23.2 Å². The number of rotatable bonds is 3. The van der Waals surface area contributed by atoms with Crippen molar-refractivity contribution in [3.8, 4) is 0 Å². The third kappa shape index (κ3) is 2.80. The maximum Gasteiger partial charge on any atom is 0.274 e. The van der Waals surface area contributed by atoms with Crippen molar-refractivity contribution in [2.75, 3.05) is 0 Å². The van der Waals surface area contributed by atoms with Crippen molar-refractivity contribution in [2.45, 2.75) is 12.4 Å². The molecule has 0 bridgehead atoms. The van der Waals surface area contributed by atoms with Crippen LogP contribution in [0.1, 0.15) is 11.3 Å². The van der Waals surface area contributed by atoms with Crippen molar-refractivity contribution < 1.29 is 0 Å². The van der Waals surface area contributed by atoms with Gasteiger partial charge in [0.15, 0.2) is 0 Å². The molecule has 3 nitrogen and oxygen atoms in total. The number of aromatic nitrogens is 2. The molecule has 0 aliphatic heterocycles. The van der Waals surface area contributed by atoms with E-state index in [1.54, 1.807) is 18.2 Å². The molecule has 0 radical (unpaired) electrons. The van der Waals surface area contributed by atoms with Gasteiger partial charge in [-0.15, -0.1) is 11.6 Å². The van der Waals surface area contributed by atoms with E-state index in [-0.39, 0.29) is 11.4 Å². The number of hydrogen-bond donors (Lipinski definition) is 0. The Balaban J connectivity index is 2.18. The van der Waals surface area contributed by atoms with Crippen LogP contribution in [0, 0.1) is 0 Å². The molecule has 0 saturated carbocycles. The topological polar surface area (TPSA) is 34.9 Å². The number of nitrogens with zero attached hydrogens (tertiary/aromatic N) is 2. The molecule has 0 fully saturated rings. The Morgan fingerprint density at radius 2 is 1.81 bits per heavy atom. The first-order valence-corrected chi connectivity index (χ1v) is 7.39. The number of benzene rings is 2. The molecule has 21 heavy (non-hydrogen) atoms. The molecule has 106 valence electrons. The second-order valence-electron chi connectivity index (χ2n) is 4.72. The summed E-state index contributed by atoms with van der Waals surface area (Å²) in [6.45, 7) is 0.419. The SMILES string of the molecule is O=c1c2ccc(Cl)cc2c(CCl)nn1Cc1ccccc1. The highest BCUT2D eigenvalue weighted by atomic mass is 35.5. The highest BCUT2D eigenvalue weighted by Crippen LogP contribution is 2.20. The normalized spacial score (nSPS) is 11.0. The van der Waals surface area contributed by atoms with Gasteiger partial charge in [0.2, 0.25) is 0 Å². The first-order valence-electron chi connectivity index (χ1n) is 6.48. The Morgan fingerprint density at radius 1 is 1.05 bits per heavy atom. The van der Waals surface area contributed by atoms with Crippen LogP contribution in [0.4, 0.5) is 0 Å². The van der Waals surface area contributed by atoms with Gasteiger partial charge in [-0.25, -0.2) is 4.68 Å². The maximum atomic E-state index is 12.5. The van der Waals surface area contributed by atoms with E-state index < -0.39 is 0 Å². The Hall–Kier alpha value is -1.84. The highest BCUT2D eigenvalue weighted by Gasteiger charge is 2.10. The fraction of sp³-hybridized carbons (Fsp3) is 0.125. The first-order chi connectivity index (χ1) is 10.2. The predicted molar refractivity (Wildman–Crippen MR) is 86.1 cm³/mol. The standard InChI is InChI=1S/C16H12Cl2N2O/c17-9-15-14-8-12(18)6-7-13(14)16(21)20(19-15)10-11-4-2-1-3-5-11/h1-8H,9-10H2. The summed E-state index contributed by atoms with van der Waals surface area (Å²) in [5.74, 6) is 0.228. The minimum Gasteiger partial charge on any atom is -0.267 e. The summed E-state index contributed by atoms with van der Waals surface area (Å²) in [7, 11) is 0. The molecule has 2 aromatic carbocycles. The van der Waals surface area contributed by atoms with Gasteiger partial charge in [-0.1, -0.05) is 41.9 Å². The van der Waals surface area contributed by atoms with Gasteiger partial charge in [-0.3, -0.25) is 4.79 Å². The summed E-state index contributed by atoms with van der Waals surface area (Å²) < 4.78 is 1.45. The molecule has 0 saturated heterocycles. The second-order valence-corrected chi connectivity index (χ2v) is 5.42. The lowest BCUT2D eigenvalue weighted by Gasteiger charge is -2.10. The average molecular weight is 319 g/mol. The van der Waals surface area contributed by atoms with Crippen molar-refractivity contribution >= 4 is 34.0 Å². The Kier molecular flexibility index (Phi) is 3.95. The van der Waals surface area contributed by atoms with Gasteiger partial charge >= 0.3 is 0 Å². The smallest absolute Gasteiger partial charge is 0.267 e. The summed E-state index contributed by atoms with van der Waals surface area (Å²) in [6.07, 6.45) is 0. The summed E-state index contributed by atoms with van der Waals surface area (Å²) in [6, 6.07) is 14.9. The molecule has 0 atom stereocenters. The van der Waals surface area contributed by atoms with E-state index in [0.717, 1.165) is 5.56 Å². The van der Waals surface area contributed by atoms with E-state index in [0.29, 0.717) is 28.0 Å². The maximum absolute atomic E-state index is 12.5. The summed E-state index contributed by atoms with van der Waals surface area (Å²) in [4.78, 5) is 12.5. The van der Waals surface area contributed by atoms with Gasteiger partial charge in [-0.2, -0.15) is 5.10 Å². The van der Waals surface area contributed by atoms with Crippen LogP contribution in [0.2, 0.25) is 5.02 Å². The predicted octanol–water partition coefficient (Wildman–Crippen LogP) is 3.84. The van der Waals surface area contributed by atoms with Gasteiger partial charge in [0.05, 0.1) is 23.5 Å². The van der Waals surface area contributed by atoms with Crippen LogP contribution in [0.15, 0.2) is 53.3 Å². The van der Waals surface area contributed by atoms with Crippen LogP contribution in [0.3, 0.4) is 0 Å². The molecule has 0 spiro atoms. The van der Waals surface area contributed by atoms with E-state index >= 15 is 0 Å². The number of halogens is 2. The summed E-state index contributed by atoms with van der Waals surface area (Å²) in [5.41, 5.74) is 1.53. The Bertz CT molecular complexity index is 844. The monoisotopic (exact) mass is 318 g/mol. The van der Waals surface area contributed by atoms with Crippen molar-refractivity contribution in [3.05, 3.63) is 75.2 Å². The van der Waals surface area contributed by atoms with Crippen molar-refractivity contribution in [1.82, 2.24) is 9.78 Å². The second kappa shape index (κ2) is 5.88. The fourth-order valence-corrected chi connectivity index (χ4v) is 2.66. The van der Waals surface area contributed by atoms with Crippen molar-refractivity contribution in [1.29, 1.82) is 0 Å². The lowest BCUT2D eigenvalue weighted by molar-refractivity contribution is 0.636. The van der Waals surface area contributed by atoms with Gasteiger partial charge < -0.3 is 0 Å². The van der Waals surface area contributed by atoms with Crippen LogP contribution in [0.25, 0.3) is 10.8 Å². The molecule has 5 heteroatoms. The molecule has 1 heterocycles. The molecule has 1 aromatic heterocycles. The van der Waals surface area contributed by atoms with Crippen LogP contribution in [0.5, 0.6) is 0 Å². The highest BCUT2D eigenvalue weighted by molar-refractivity contribution is 6.31. The molecule has 0 amide bonds. The average Bonchev–Trinajstić information content (AvgIpc) is 2.51. The largest absolute Gasteiger partial charge is 0.274 e. The zero-order chi connectivity index (χ0) is 14.8. The van der Waals surface area contributed by atoms with Gasteiger partial charge in [0.25, 0.3) is 5.56 Å². The molecule has 0 aliphatic rings. The third-order valence-corrected chi connectivity index (χ3v) is 3.79. The molecular weight excluding hydrogens is 307 g/mol. The van der Waals surface area contributed by atoms with Crippen LogP contribution < -0.4 is 5.56 Å². The third-order valence-electron chi connectivity index (χ3n) is 3.30. The lowest BCUT2D eigenvalue weighted by atomic mass is 10.1. The van der Waals surface area contributed by atoms with Crippen molar-refractivity contribution in [2.24, 2.45) is 0 Å². The number of fused-ring (bicyclic) bond motifs is 1. The van der Waals surface area contributed by atoms with Gasteiger partial charge in [0, 0.05) is 10.4 Å². The fourth-order valence-electron chi connectivity index (χ4n) is 2.29. The molecule has 3 aromatic rings. The van der Waals surface area contributed by atoms with E-state index in [2.05, 4.69) is 5.10 Å². The minimum absolute atomic E-state index is 0.139. The Labute approximate surface area is 131 Å². The van der Waals surface area contributed by atoms with Gasteiger partial charge in [-0.05, 0) is 23.8 Å². The first kappa shape index (κ1) is 14.1. The zero-order valence-electron chi connectivity index (χ0n) is 11.1. The molecule has 0 unspecified atom stereocenters. The van der Waals surface area contributed by atoms with Gasteiger partial charge in [0.1, 0.15) is 0 Å². The molecular formula is C16H12Cl2N2O. The van der Waals surface area contributed by atoms with E-state index in [1.165, 1.54) is 4.68 Å². The molecule has 0 aliphatic carbocycles. The van der Waals surface area contributed by atoms with Crippen molar-refractivity contribution in [3.63, 3.8) is 0 Å². The van der Waals surface area contributed by atoms with Crippen LogP contribution in [-0.2, 0) is 12.4 Å². The molecule has 0 N–H and O–H groups in total. The quantitative estimate of drug-likeness (QED) is 0.688. The van der Waals surface area contributed by atoms with E-state index in [1.807, 2.05) is 30.3 Å². The van der Waals surface area contributed by atoms with Crippen LogP contribution in [-0.4, -0.2) is 9.78 Å². The molecule has 3 rings (SSSR count). The Morgan fingerprint density at radius 3 is 2.52 bits per heavy atom. The van der Waals surface area contributed by atoms with E-state index in [9.17, 15) is 4.79 Å². The zero-order valence-corrected chi connectivity index (χ0v) is 12.6. The lowest BCUT2D eigenvalue weighted by Crippen LogP contribution is -2.25. The summed E-state index contributed by atoms with van der Waals surface area (Å²) >= 11 is 12.0. The number of alkyl halides is 1. The van der Waals surface area contributed by atoms with E-state index in [4.69, 9.17) is 23.2 Å².